The number of nitrogens with one attached hydrogen (secondary N) is 1. The summed E-state index contributed by atoms with van der Waals surface area (Å²) in [5, 5.41) is 4.56. The van der Waals surface area contributed by atoms with E-state index in [2.05, 4.69) is 34.3 Å². The number of amides is 1. The summed E-state index contributed by atoms with van der Waals surface area (Å²) < 4.78 is 5.90. The smallest absolute Gasteiger partial charge is 0.234 e. The van der Waals surface area contributed by atoms with E-state index in [-0.39, 0.29) is 11.7 Å². The lowest BCUT2D eigenvalue weighted by molar-refractivity contribution is -0.113. The van der Waals surface area contributed by atoms with Crippen LogP contribution in [0.1, 0.15) is 25.3 Å². The first-order chi connectivity index (χ1) is 13.7. The molecule has 4 rings (SSSR count). The van der Waals surface area contributed by atoms with Crippen molar-refractivity contribution in [2.45, 2.75) is 31.2 Å². The van der Waals surface area contributed by atoms with Gasteiger partial charge in [-0.15, -0.1) is 0 Å². The number of nitrogens with zero attached hydrogens (tertiary/aromatic N) is 2. The first-order valence-corrected chi connectivity index (χ1v) is 10.4. The van der Waals surface area contributed by atoms with Crippen molar-refractivity contribution < 1.29 is 9.21 Å². The highest BCUT2D eigenvalue weighted by molar-refractivity contribution is 8.00. The van der Waals surface area contributed by atoms with Crippen LogP contribution in [0.3, 0.4) is 0 Å². The number of hydrogen-bond acceptors (Lipinski definition) is 5. The van der Waals surface area contributed by atoms with Gasteiger partial charge < -0.3 is 9.73 Å². The Morgan fingerprint density at radius 2 is 1.93 bits per heavy atom. The van der Waals surface area contributed by atoms with Gasteiger partial charge in [-0.25, -0.2) is 9.97 Å². The molecule has 0 aliphatic rings. The molecule has 0 atom stereocenters. The van der Waals surface area contributed by atoms with Gasteiger partial charge in [0, 0.05) is 11.1 Å². The summed E-state index contributed by atoms with van der Waals surface area (Å²) in [6.45, 7) is 2.18. The Hall–Kier alpha value is -2.86. The van der Waals surface area contributed by atoms with Gasteiger partial charge in [-0.2, -0.15) is 0 Å². The zero-order valence-corrected chi connectivity index (χ0v) is 16.5. The van der Waals surface area contributed by atoms with Gasteiger partial charge in [0.05, 0.1) is 5.75 Å². The van der Waals surface area contributed by atoms with Crippen molar-refractivity contribution in [1.82, 2.24) is 9.97 Å². The monoisotopic (exact) mass is 391 g/mol. The SMILES string of the molecule is CCCCc1ccc(NC(=O)CSc2ncnc3c2oc2ccccc23)cc1. The number of benzene rings is 2. The predicted octanol–water partition coefficient (Wildman–Crippen LogP) is 5.45. The van der Waals surface area contributed by atoms with Gasteiger partial charge in [0.25, 0.3) is 0 Å². The number of thioether (sulfide) groups is 1. The minimum atomic E-state index is -0.0748. The second kappa shape index (κ2) is 8.44. The summed E-state index contributed by atoms with van der Waals surface area (Å²) in [4.78, 5) is 21.0. The lowest BCUT2D eigenvalue weighted by Crippen LogP contribution is -2.14. The third kappa shape index (κ3) is 4.02. The molecule has 2 aromatic carbocycles. The summed E-state index contributed by atoms with van der Waals surface area (Å²) in [7, 11) is 0. The van der Waals surface area contributed by atoms with Crippen molar-refractivity contribution in [2.75, 3.05) is 11.1 Å². The Morgan fingerprint density at radius 3 is 2.75 bits per heavy atom. The van der Waals surface area contributed by atoms with E-state index >= 15 is 0 Å². The number of aromatic nitrogens is 2. The molecule has 2 heterocycles. The van der Waals surface area contributed by atoms with Crippen LogP contribution in [-0.2, 0) is 11.2 Å². The number of fused-ring (bicyclic) bond motifs is 3. The van der Waals surface area contributed by atoms with Gasteiger partial charge in [0.15, 0.2) is 5.58 Å². The number of carbonyl (C=O) groups is 1. The Morgan fingerprint density at radius 1 is 1.11 bits per heavy atom. The first kappa shape index (κ1) is 18.5. The lowest BCUT2D eigenvalue weighted by atomic mass is 10.1. The second-order valence-corrected chi connectivity index (χ2v) is 7.56. The summed E-state index contributed by atoms with van der Waals surface area (Å²) >= 11 is 1.35. The molecule has 0 aliphatic heterocycles. The predicted molar refractivity (Wildman–Crippen MR) is 114 cm³/mol. The topological polar surface area (TPSA) is 68.0 Å². The third-order valence-electron chi connectivity index (χ3n) is 4.52. The molecule has 4 aromatic rings. The van der Waals surface area contributed by atoms with E-state index in [1.807, 2.05) is 36.4 Å². The highest BCUT2D eigenvalue weighted by Gasteiger charge is 2.14. The second-order valence-electron chi connectivity index (χ2n) is 6.59. The Balaban J connectivity index is 1.42. The van der Waals surface area contributed by atoms with Crippen molar-refractivity contribution >= 4 is 45.4 Å². The number of rotatable bonds is 7. The summed E-state index contributed by atoms with van der Waals surface area (Å²) in [5.41, 5.74) is 4.27. The molecule has 6 heteroatoms. The van der Waals surface area contributed by atoms with Crippen LogP contribution in [0.4, 0.5) is 5.69 Å². The summed E-state index contributed by atoms with van der Waals surface area (Å²) in [6.07, 6.45) is 4.94. The normalized spacial score (nSPS) is 11.2. The van der Waals surface area contributed by atoms with Gasteiger partial charge in [0.1, 0.15) is 22.5 Å². The average Bonchev–Trinajstić information content (AvgIpc) is 3.11. The molecule has 0 unspecified atom stereocenters. The quantitative estimate of drug-likeness (QED) is 0.335. The van der Waals surface area contributed by atoms with Gasteiger partial charge in [-0.3, -0.25) is 4.79 Å². The molecule has 0 aliphatic carbocycles. The number of unbranched alkanes of at least 4 members (excludes halogenated alkanes) is 1. The molecule has 0 saturated carbocycles. The van der Waals surface area contributed by atoms with Crippen LogP contribution < -0.4 is 5.32 Å². The highest BCUT2D eigenvalue weighted by Crippen LogP contribution is 2.32. The van der Waals surface area contributed by atoms with Crippen LogP contribution in [0.2, 0.25) is 0 Å². The fraction of sp³-hybridized carbons (Fsp3) is 0.227. The van der Waals surface area contributed by atoms with Gasteiger partial charge in [-0.1, -0.05) is 49.4 Å². The third-order valence-corrected chi connectivity index (χ3v) is 5.49. The molecule has 0 saturated heterocycles. The van der Waals surface area contributed by atoms with E-state index in [0.29, 0.717) is 10.6 Å². The van der Waals surface area contributed by atoms with Crippen LogP contribution in [0.5, 0.6) is 0 Å². The Kier molecular flexibility index (Phi) is 5.58. The largest absolute Gasteiger partial charge is 0.451 e. The molecule has 142 valence electrons. The minimum Gasteiger partial charge on any atom is -0.451 e. The van der Waals surface area contributed by atoms with Crippen molar-refractivity contribution in [3.05, 3.63) is 60.4 Å². The first-order valence-electron chi connectivity index (χ1n) is 9.38. The maximum absolute atomic E-state index is 12.3. The molecule has 1 N–H and O–H groups in total. The molecule has 0 bridgehead atoms. The van der Waals surface area contributed by atoms with E-state index < -0.39 is 0 Å². The maximum Gasteiger partial charge on any atom is 0.234 e. The van der Waals surface area contributed by atoms with E-state index in [0.717, 1.165) is 28.6 Å². The Bertz CT molecular complexity index is 1110. The standard InChI is InChI=1S/C22H21N3O2S/c1-2-3-6-15-9-11-16(12-10-15)25-19(26)13-28-22-21-20(23-14-24-22)17-7-4-5-8-18(17)27-21/h4-5,7-12,14H,2-3,6,13H2,1H3,(H,25,26). The zero-order valence-electron chi connectivity index (χ0n) is 15.6. The summed E-state index contributed by atoms with van der Waals surface area (Å²) in [6, 6.07) is 15.8. The molecule has 0 spiro atoms. The zero-order chi connectivity index (χ0) is 19.3. The van der Waals surface area contributed by atoms with Gasteiger partial charge >= 0.3 is 0 Å². The minimum absolute atomic E-state index is 0.0748. The van der Waals surface area contributed by atoms with Gasteiger partial charge in [-0.05, 0) is 42.7 Å². The van der Waals surface area contributed by atoms with Crippen molar-refractivity contribution in [1.29, 1.82) is 0 Å². The summed E-state index contributed by atoms with van der Waals surface area (Å²) in [5.74, 6) is 0.176. The fourth-order valence-electron chi connectivity index (χ4n) is 3.07. The molecule has 2 aromatic heterocycles. The van der Waals surface area contributed by atoms with Crippen LogP contribution in [0.25, 0.3) is 22.1 Å². The molecule has 0 radical (unpaired) electrons. The van der Waals surface area contributed by atoms with Crippen molar-refractivity contribution in [3.63, 3.8) is 0 Å². The highest BCUT2D eigenvalue weighted by atomic mass is 32.2. The Labute approximate surface area is 167 Å². The number of hydrogen-bond donors (Lipinski definition) is 1. The van der Waals surface area contributed by atoms with Crippen LogP contribution in [-0.4, -0.2) is 21.6 Å². The average molecular weight is 391 g/mol. The van der Waals surface area contributed by atoms with Crippen LogP contribution >= 0.6 is 11.8 Å². The molecule has 0 fully saturated rings. The number of furan rings is 1. The molecule has 28 heavy (non-hydrogen) atoms. The molecular weight excluding hydrogens is 370 g/mol. The van der Waals surface area contributed by atoms with Crippen molar-refractivity contribution in [2.24, 2.45) is 0 Å². The molecule has 5 nitrogen and oxygen atoms in total. The molecular formula is C22H21N3O2S. The van der Waals surface area contributed by atoms with E-state index in [9.17, 15) is 4.79 Å². The maximum atomic E-state index is 12.3. The lowest BCUT2D eigenvalue weighted by Gasteiger charge is -2.06. The van der Waals surface area contributed by atoms with Crippen LogP contribution in [0.15, 0.2) is 64.3 Å². The van der Waals surface area contributed by atoms with E-state index in [1.54, 1.807) is 0 Å². The number of aryl methyl sites for hydroxylation is 1. The van der Waals surface area contributed by atoms with E-state index in [4.69, 9.17) is 4.42 Å². The number of anilines is 1. The number of para-hydroxylation sites is 1. The fourth-order valence-corrected chi connectivity index (χ4v) is 3.80. The van der Waals surface area contributed by atoms with Crippen molar-refractivity contribution in [3.8, 4) is 0 Å². The van der Waals surface area contributed by atoms with Crippen LogP contribution in [0, 0.1) is 0 Å². The van der Waals surface area contributed by atoms with Gasteiger partial charge in [0.2, 0.25) is 5.91 Å². The molecule has 1 amide bonds. The number of carbonyl (C=O) groups excluding carboxylic acids is 1. The van der Waals surface area contributed by atoms with E-state index in [1.165, 1.54) is 36.5 Å².